The van der Waals surface area contributed by atoms with Gasteiger partial charge in [-0.05, 0) is 51.9 Å². The molecule has 0 aromatic rings. The summed E-state index contributed by atoms with van der Waals surface area (Å²) in [5, 5.41) is 12.3. The van der Waals surface area contributed by atoms with Gasteiger partial charge in [-0.1, -0.05) is 39.0 Å². The number of rotatable bonds is 11. The lowest BCUT2D eigenvalue weighted by Gasteiger charge is -2.35. The second-order valence-corrected chi connectivity index (χ2v) is 10.6. The molecule has 192 valence electrons. The number of hydrogen-bond acceptors (Lipinski definition) is 6. The zero-order valence-corrected chi connectivity index (χ0v) is 20.9. The van der Waals surface area contributed by atoms with Gasteiger partial charge >= 0.3 is 5.97 Å². The van der Waals surface area contributed by atoms with Crippen molar-refractivity contribution in [2.75, 3.05) is 19.8 Å². The Morgan fingerprint density at radius 2 is 1.85 bits per heavy atom. The first-order valence-corrected chi connectivity index (χ1v) is 13.5. The fourth-order valence-corrected chi connectivity index (χ4v) is 7.12. The van der Waals surface area contributed by atoms with Crippen LogP contribution in [0.2, 0.25) is 0 Å². The molecule has 0 aromatic carbocycles. The summed E-state index contributed by atoms with van der Waals surface area (Å²) in [4.78, 5) is 42.5. The van der Waals surface area contributed by atoms with Gasteiger partial charge < -0.3 is 24.8 Å². The van der Waals surface area contributed by atoms with Crippen LogP contribution in [-0.4, -0.2) is 70.8 Å². The lowest BCUT2D eigenvalue weighted by atomic mass is 9.65. The number of hydrogen-bond donors (Lipinski definition) is 2. The van der Waals surface area contributed by atoms with Gasteiger partial charge in [-0.2, -0.15) is 0 Å². The predicted octanol–water partition coefficient (Wildman–Crippen LogP) is 2.71. The highest BCUT2D eigenvalue weighted by molar-refractivity contribution is 5.98. The maximum atomic E-state index is 13.9. The second-order valence-electron chi connectivity index (χ2n) is 10.6. The van der Waals surface area contributed by atoms with Crippen molar-refractivity contribution in [2.45, 2.75) is 114 Å². The maximum absolute atomic E-state index is 13.9. The van der Waals surface area contributed by atoms with E-state index in [2.05, 4.69) is 5.32 Å². The third kappa shape index (κ3) is 4.25. The number of aliphatic hydroxyl groups is 1. The van der Waals surface area contributed by atoms with Crippen LogP contribution >= 0.6 is 0 Å². The molecule has 3 aliphatic heterocycles. The van der Waals surface area contributed by atoms with Gasteiger partial charge in [-0.15, -0.1) is 0 Å². The molecule has 4 aliphatic rings. The van der Waals surface area contributed by atoms with E-state index in [4.69, 9.17) is 14.6 Å². The number of amides is 2. The van der Waals surface area contributed by atoms with Gasteiger partial charge in [-0.25, -0.2) is 0 Å². The number of aliphatic hydroxyl groups excluding tert-OH is 1. The van der Waals surface area contributed by atoms with Gasteiger partial charge in [0.15, 0.2) is 0 Å². The van der Waals surface area contributed by atoms with Crippen LogP contribution in [0.3, 0.4) is 0 Å². The first kappa shape index (κ1) is 25.4. The number of likely N-dealkylation sites (tertiary alicyclic amines) is 1. The molecule has 3 saturated heterocycles. The maximum Gasteiger partial charge on any atom is 0.312 e. The second kappa shape index (κ2) is 10.5. The molecule has 34 heavy (non-hydrogen) atoms. The first-order valence-electron chi connectivity index (χ1n) is 13.5. The van der Waals surface area contributed by atoms with E-state index in [1.165, 1.54) is 6.42 Å². The smallest absolute Gasteiger partial charge is 0.312 e. The van der Waals surface area contributed by atoms with Crippen molar-refractivity contribution in [1.82, 2.24) is 10.2 Å². The Kier molecular flexibility index (Phi) is 7.87. The number of nitrogens with one attached hydrogen (secondary N) is 1. The molecule has 8 heteroatoms. The summed E-state index contributed by atoms with van der Waals surface area (Å²) in [7, 11) is 0. The lowest BCUT2D eigenvalue weighted by molar-refractivity contribution is -0.160. The molecule has 2 amide bonds. The minimum Gasteiger partial charge on any atom is -0.466 e. The van der Waals surface area contributed by atoms with E-state index in [0.29, 0.717) is 25.8 Å². The SMILES string of the molecule is CCOC(=O)[C@@H]1[C@H]2C(=O)N(CCCCCCO)C(C(=O)NC3CCCCC3)C23CC[C@@]1(CC)O3. The first-order chi connectivity index (χ1) is 16.4. The Morgan fingerprint density at radius 3 is 2.53 bits per heavy atom. The van der Waals surface area contributed by atoms with E-state index in [1.54, 1.807) is 11.8 Å². The summed E-state index contributed by atoms with van der Waals surface area (Å²) >= 11 is 0. The molecule has 4 rings (SSSR count). The van der Waals surface area contributed by atoms with Crippen LogP contribution in [0.5, 0.6) is 0 Å². The molecule has 1 saturated carbocycles. The van der Waals surface area contributed by atoms with Crippen molar-refractivity contribution in [1.29, 1.82) is 0 Å². The van der Waals surface area contributed by atoms with Crippen LogP contribution in [-0.2, 0) is 23.9 Å². The molecule has 5 atom stereocenters. The van der Waals surface area contributed by atoms with E-state index in [1.807, 2.05) is 6.92 Å². The average Bonchev–Trinajstić information content (AvgIpc) is 3.43. The highest BCUT2D eigenvalue weighted by Gasteiger charge is 2.78. The zero-order valence-electron chi connectivity index (χ0n) is 20.9. The summed E-state index contributed by atoms with van der Waals surface area (Å²) in [5.74, 6) is -1.98. The van der Waals surface area contributed by atoms with E-state index >= 15 is 0 Å². The zero-order chi connectivity index (χ0) is 24.3. The molecule has 0 radical (unpaired) electrons. The summed E-state index contributed by atoms with van der Waals surface area (Å²) in [6, 6.07) is -0.574. The molecule has 8 nitrogen and oxygen atoms in total. The fraction of sp³-hybridized carbons (Fsp3) is 0.885. The van der Waals surface area contributed by atoms with Crippen molar-refractivity contribution in [2.24, 2.45) is 11.8 Å². The highest BCUT2D eigenvalue weighted by atomic mass is 16.6. The monoisotopic (exact) mass is 478 g/mol. The van der Waals surface area contributed by atoms with Gasteiger partial charge in [-0.3, -0.25) is 14.4 Å². The molecule has 4 fully saturated rings. The van der Waals surface area contributed by atoms with Crippen LogP contribution in [0.1, 0.15) is 90.9 Å². The van der Waals surface area contributed by atoms with E-state index in [9.17, 15) is 14.4 Å². The summed E-state index contributed by atoms with van der Waals surface area (Å²) in [5.41, 5.74) is -1.70. The molecule has 2 bridgehead atoms. The fourth-order valence-electron chi connectivity index (χ4n) is 7.12. The number of esters is 1. The predicted molar refractivity (Wildman–Crippen MR) is 126 cm³/mol. The Balaban J connectivity index is 1.62. The van der Waals surface area contributed by atoms with Crippen LogP contribution in [0.25, 0.3) is 0 Å². The van der Waals surface area contributed by atoms with Crippen LogP contribution in [0.4, 0.5) is 0 Å². The van der Waals surface area contributed by atoms with E-state index < -0.39 is 29.1 Å². The molecule has 1 spiro atoms. The highest BCUT2D eigenvalue weighted by Crippen LogP contribution is 2.64. The largest absolute Gasteiger partial charge is 0.466 e. The Hall–Kier alpha value is -1.67. The van der Waals surface area contributed by atoms with Crippen molar-refractivity contribution >= 4 is 17.8 Å². The average molecular weight is 479 g/mol. The van der Waals surface area contributed by atoms with Gasteiger partial charge in [0.2, 0.25) is 11.8 Å². The van der Waals surface area contributed by atoms with E-state index in [-0.39, 0.29) is 37.0 Å². The number of unbranched alkanes of at least 4 members (excludes halogenated alkanes) is 3. The number of carbonyl (C=O) groups is 3. The molecule has 2 unspecified atom stereocenters. The Morgan fingerprint density at radius 1 is 1.12 bits per heavy atom. The number of ether oxygens (including phenoxy) is 2. The molecular weight excluding hydrogens is 436 g/mol. The van der Waals surface area contributed by atoms with Gasteiger partial charge in [0, 0.05) is 19.2 Å². The minimum atomic E-state index is -0.964. The molecular formula is C26H42N2O6. The van der Waals surface area contributed by atoms with Gasteiger partial charge in [0.25, 0.3) is 0 Å². The molecule has 2 N–H and O–H groups in total. The quantitative estimate of drug-likeness (QED) is 0.349. The number of nitrogens with zero attached hydrogens (tertiary/aromatic N) is 1. The molecule has 1 aliphatic carbocycles. The molecule has 3 heterocycles. The molecule has 0 aromatic heterocycles. The number of carbonyl (C=O) groups excluding carboxylic acids is 3. The van der Waals surface area contributed by atoms with Crippen LogP contribution < -0.4 is 5.32 Å². The van der Waals surface area contributed by atoms with E-state index in [0.717, 1.165) is 51.4 Å². The van der Waals surface area contributed by atoms with Gasteiger partial charge in [0.1, 0.15) is 17.6 Å². The standard InChI is InChI=1S/C26H42N2O6/c1-3-25-14-15-26(34-25)19(20(25)24(32)33-4-2)23(31)28(16-10-5-6-11-17-29)21(26)22(30)27-18-12-8-7-9-13-18/h18-21,29H,3-17H2,1-2H3,(H,27,30)/t19-,20-,21?,25+,26?/m0/s1. The number of fused-ring (bicyclic) bond motifs is 1. The van der Waals surface area contributed by atoms with Crippen molar-refractivity contribution < 1.29 is 29.0 Å². The third-order valence-corrected chi connectivity index (χ3v) is 8.73. The van der Waals surface area contributed by atoms with Crippen LogP contribution in [0.15, 0.2) is 0 Å². The minimum absolute atomic E-state index is 0.130. The summed E-state index contributed by atoms with van der Waals surface area (Å²) < 4.78 is 12.1. The lowest BCUT2D eigenvalue weighted by Crippen LogP contribution is -2.57. The summed E-state index contributed by atoms with van der Waals surface area (Å²) in [6.45, 7) is 4.64. The van der Waals surface area contributed by atoms with Gasteiger partial charge in [0.05, 0.1) is 18.1 Å². The van der Waals surface area contributed by atoms with Crippen molar-refractivity contribution in [3.63, 3.8) is 0 Å². The topological polar surface area (TPSA) is 105 Å². The Bertz CT molecular complexity index is 768. The van der Waals surface area contributed by atoms with Crippen molar-refractivity contribution in [3.8, 4) is 0 Å². The third-order valence-electron chi connectivity index (χ3n) is 8.73. The normalized spacial score (nSPS) is 35.0. The van der Waals surface area contributed by atoms with Crippen LogP contribution in [0, 0.1) is 11.8 Å². The van der Waals surface area contributed by atoms with Crippen molar-refractivity contribution in [3.05, 3.63) is 0 Å². The summed E-state index contributed by atoms with van der Waals surface area (Å²) in [6.07, 6.45) is 10.5. The Labute approximate surface area is 203 Å².